The molecule has 3 fully saturated rings. The lowest BCUT2D eigenvalue weighted by atomic mass is 10.0. The van der Waals surface area contributed by atoms with Crippen molar-refractivity contribution in [2.45, 2.75) is 69.8 Å². The minimum atomic E-state index is -0.793. The lowest BCUT2D eigenvalue weighted by Gasteiger charge is -2.26. The highest BCUT2D eigenvalue weighted by atomic mass is 32.1. The second kappa shape index (κ2) is 6.13. The number of hydrogen-bond acceptors (Lipinski definition) is 7. The van der Waals surface area contributed by atoms with E-state index >= 15 is 0 Å². The zero-order chi connectivity index (χ0) is 19.8. The zero-order valence-electron chi connectivity index (χ0n) is 15.9. The van der Waals surface area contributed by atoms with Crippen molar-refractivity contribution in [2.75, 3.05) is 6.61 Å². The number of benzene rings is 1. The molecule has 1 aromatic carbocycles. The lowest BCUT2D eigenvalue weighted by molar-refractivity contribution is -0.207. The molecule has 152 valence electrons. The Kier molecular flexibility index (Phi) is 4.11. The molecule has 4 heterocycles. The monoisotopic (exact) mass is 413 g/mol. The molecule has 0 N–H and O–H groups in total. The van der Waals surface area contributed by atoms with Gasteiger partial charge in [0.05, 0.1) is 11.3 Å². The molecular weight excluding hydrogens is 392 g/mol. The van der Waals surface area contributed by atoms with Crippen molar-refractivity contribution in [1.29, 1.82) is 0 Å². The third kappa shape index (κ3) is 3.05. The molecule has 3 aliphatic heterocycles. The second-order valence-corrected chi connectivity index (χ2v) is 9.30. The normalized spacial score (nSPS) is 36.3. The summed E-state index contributed by atoms with van der Waals surface area (Å²) in [6, 6.07) is 2.10. The summed E-state index contributed by atoms with van der Waals surface area (Å²) in [5, 5.41) is 0.525. The fraction of sp³-hybridized carbons (Fsp3) is 0.632. The maximum Gasteiger partial charge on any atom is 0.164 e. The number of rotatable bonds is 2. The van der Waals surface area contributed by atoms with Gasteiger partial charge in [0.15, 0.2) is 17.4 Å². The fourth-order valence-corrected chi connectivity index (χ4v) is 5.18. The van der Waals surface area contributed by atoms with E-state index < -0.39 is 41.5 Å². The number of thiazole rings is 1. The third-order valence-electron chi connectivity index (χ3n) is 5.16. The Morgan fingerprint density at radius 1 is 1.00 bits per heavy atom. The Labute approximate surface area is 164 Å². The fourth-order valence-electron chi connectivity index (χ4n) is 4.10. The molecule has 5 rings (SSSR count). The number of halogens is 2. The Morgan fingerprint density at radius 3 is 2.46 bits per heavy atom. The van der Waals surface area contributed by atoms with Crippen LogP contribution in [0.3, 0.4) is 0 Å². The molecule has 2 aromatic rings. The number of ether oxygens (including phenoxy) is 5. The van der Waals surface area contributed by atoms with Crippen LogP contribution in [0.5, 0.6) is 0 Å². The largest absolute Gasteiger partial charge is 0.359 e. The molecule has 3 aliphatic rings. The SMILES string of the molecule is CC1(C)O[C@@H]2[C@H](O1)[C@@H](c1nc3c(F)cc(F)cc3s1)O[C@@H]2[C@H]1COC(C)(C)O1. The number of nitrogens with zero attached hydrogens (tertiary/aromatic N) is 1. The molecular formula is C19H21F2NO5S. The van der Waals surface area contributed by atoms with E-state index in [1.54, 1.807) is 0 Å². The summed E-state index contributed by atoms with van der Waals surface area (Å²) < 4.78 is 58.2. The van der Waals surface area contributed by atoms with Gasteiger partial charge in [-0.1, -0.05) is 0 Å². The topological polar surface area (TPSA) is 59.0 Å². The highest BCUT2D eigenvalue weighted by Crippen LogP contribution is 2.48. The van der Waals surface area contributed by atoms with Crippen LogP contribution in [0.1, 0.15) is 38.8 Å². The average Bonchev–Trinajstić information content (AvgIpc) is 3.28. The van der Waals surface area contributed by atoms with Gasteiger partial charge in [0.1, 0.15) is 46.9 Å². The molecule has 9 heteroatoms. The van der Waals surface area contributed by atoms with E-state index in [4.69, 9.17) is 23.7 Å². The smallest absolute Gasteiger partial charge is 0.164 e. The predicted octanol–water partition coefficient (Wildman–Crippen LogP) is 3.69. The molecule has 0 bridgehead atoms. The van der Waals surface area contributed by atoms with Gasteiger partial charge >= 0.3 is 0 Å². The van der Waals surface area contributed by atoms with Gasteiger partial charge in [-0.2, -0.15) is 0 Å². The molecule has 0 saturated carbocycles. The number of aromatic nitrogens is 1. The Hall–Kier alpha value is -1.23. The van der Waals surface area contributed by atoms with Gasteiger partial charge in [0.2, 0.25) is 0 Å². The Bertz CT molecular complexity index is 932. The van der Waals surface area contributed by atoms with Crippen LogP contribution in [-0.2, 0) is 23.7 Å². The maximum atomic E-state index is 14.1. The number of fused-ring (bicyclic) bond motifs is 2. The molecule has 0 aliphatic carbocycles. The van der Waals surface area contributed by atoms with Crippen LogP contribution >= 0.6 is 11.3 Å². The quantitative estimate of drug-likeness (QED) is 0.749. The van der Waals surface area contributed by atoms with Crippen molar-refractivity contribution in [3.63, 3.8) is 0 Å². The molecule has 0 spiro atoms. The average molecular weight is 413 g/mol. The first kappa shape index (κ1) is 18.8. The summed E-state index contributed by atoms with van der Waals surface area (Å²) >= 11 is 1.19. The zero-order valence-corrected chi connectivity index (χ0v) is 16.7. The van der Waals surface area contributed by atoms with Gasteiger partial charge in [0.25, 0.3) is 0 Å². The van der Waals surface area contributed by atoms with E-state index in [0.717, 1.165) is 6.07 Å². The summed E-state index contributed by atoms with van der Waals surface area (Å²) in [6.07, 6.45) is -2.12. The van der Waals surface area contributed by atoms with Crippen molar-refractivity contribution in [3.8, 4) is 0 Å². The Balaban J connectivity index is 1.50. The minimum Gasteiger partial charge on any atom is -0.359 e. The van der Waals surface area contributed by atoms with E-state index in [9.17, 15) is 8.78 Å². The number of hydrogen-bond donors (Lipinski definition) is 0. The minimum absolute atomic E-state index is 0.129. The van der Waals surface area contributed by atoms with Crippen LogP contribution in [0, 0.1) is 11.6 Å². The predicted molar refractivity (Wildman–Crippen MR) is 95.9 cm³/mol. The molecule has 5 atom stereocenters. The molecule has 3 saturated heterocycles. The van der Waals surface area contributed by atoms with Gasteiger partial charge < -0.3 is 23.7 Å². The van der Waals surface area contributed by atoms with Gasteiger partial charge in [0, 0.05) is 6.07 Å². The second-order valence-electron chi connectivity index (χ2n) is 8.24. The summed E-state index contributed by atoms with van der Waals surface area (Å²) in [6.45, 7) is 7.73. The van der Waals surface area contributed by atoms with Crippen LogP contribution in [0.2, 0.25) is 0 Å². The molecule has 0 amide bonds. The van der Waals surface area contributed by atoms with E-state index in [1.807, 2.05) is 27.7 Å². The van der Waals surface area contributed by atoms with Crippen LogP contribution in [0.15, 0.2) is 12.1 Å². The third-order valence-corrected chi connectivity index (χ3v) is 6.22. The molecule has 0 radical (unpaired) electrons. The summed E-state index contributed by atoms with van der Waals surface area (Å²) in [5.74, 6) is -2.82. The molecule has 28 heavy (non-hydrogen) atoms. The van der Waals surface area contributed by atoms with E-state index in [-0.39, 0.29) is 17.7 Å². The van der Waals surface area contributed by atoms with Gasteiger partial charge in [-0.25, -0.2) is 13.8 Å². The molecule has 0 unspecified atom stereocenters. The maximum absolute atomic E-state index is 14.1. The van der Waals surface area contributed by atoms with Crippen LogP contribution < -0.4 is 0 Å². The van der Waals surface area contributed by atoms with E-state index in [1.165, 1.54) is 17.4 Å². The highest BCUT2D eigenvalue weighted by Gasteiger charge is 2.59. The first-order valence-corrected chi connectivity index (χ1v) is 10.0. The summed E-state index contributed by atoms with van der Waals surface area (Å²) in [4.78, 5) is 4.38. The van der Waals surface area contributed by atoms with Crippen molar-refractivity contribution in [1.82, 2.24) is 4.98 Å². The van der Waals surface area contributed by atoms with Gasteiger partial charge in [-0.05, 0) is 33.8 Å². The first-order valence-electron chi connectivity index (χ1n) is 9.20. The molecule has 6 nitrogen and oxygen atoms in total. The highest BCUT2D eigenvalue weighted by molar-refractivity contribution is 7.18. The van der Waals surface area contributed by atoms with Crippen LogP contribution in [0.4, 0.5) is 8.78 Å². The lowest BCUT2D eigenvalue weighted by Crippen LogP contribution is -2.40. The summed E-state index contributed by atoms with van der Waals surface area (Å²) in [5.41, 5.74) is 0.129. The van der Waals surface area contributed by atoms with Crippen molar-refractivity contribution in [3.05, 3.63) is 28.8 Å². The summed E-state index contributed by atoms with van der Waals surface area (Å²) in [7, 11) is 0. The van der Waals surface area contributed by atoms with E-state index in [0.29, 0.717) is 16.3 Å². The van der Waals surface area contributed by atoms with Gasteiger partial charge in [-0.15, -0.1) is 11.3 Å². The van der Waals surface area contributed by atoms with Crippen molar-refractivity contribution in [2.24, 2.45) is 0 Å². The van der Waals surface area contributed by atoms with E-state index in [2.05, 4.69) is 4.98 Å². The van der Waals surface area contributed by atoms with Crippen LogP contribution in [0.25, 0.3) is 10.2 Å². The first-order chi connectivity index (χ1) is 13.1. The van der Waals surface area contributed by atoms with Crippen LogP contribution in [-0.4, -0.2) is 47.6 Å². The van der Waals surface area contributed by atoms with Gasteiger partial charge in [-0.3, -0.25) is 0 Å². The Morgan fingerprint density at radius 2 is 1.75 bits per heavy atom. The van der Waals surface area contributed by atoms with Crippen molar-refractivity contribution >= 4 is 21.6 Å². The standard InChI is InChI=1S/C19H21F2NO5S/c1-18(2)23-7-10(25-18)13-14-15(27-19(3,4)26-14)16(24-13)17-22-12-9(21)5-8(20)6-11(12)28-17/h5-6,10,13-16H,7H2,1-4H3/t10-,13-,14+,15+,16+/m1/s1. The molecule has 1 aromatic heterocycles. The van der Waals surface area contributed by atoms with Crippen molar-refractivity contribution < 1.29 is 32.5 Å².